The molecule has 7 heteroatoms. The maximum Gasteiger partial charge on any atom is 0.254 e. The first kappa shape index (κ1) is 23.9. The van der Waals surface area contributed by atoms with Gasteiger partial charge in [0.05, 0.1) is 23.8 Å². The Morgan fingerprint density at radius 2 is 1.47 bits per heavy atom. The second-order valence-corrected chi connectivity index (χ2v) is 9.49. The van der Waals surface area contributed by atoms with Crippen molar-refractivity contribution < 1.29 is 19.1 Å². The van der Waals surface area contributed by atoms with Crippen LogP contribution in [0.2, 0.25) is 0 Å². The van der Waals surface area contributed by atoms with Crippen LogP contribution < -0.4 is 10.3 Å². The van der Waals surface area contributed by atoms with Crippen LogP contribution in [0.1, 0.15) is 37.0 Å². The molecule has 36 heavy (non-hydrogen) atoms. The fourth-order valence-electron chi connectivity index (χ4n) is 4.85. The van der Waals surface area contributed by atoms with E-state index in [1.807, 2.05) is 30.3 Å². The average Bonchev–Trinajstić information content (AvgIpc) is 3.15. The number of aliphatic hydroxyl groups excluding tert-OH is 1. The number of amides is 2. The summed E-state index contributed by atoms with van der Waals surface area (Å²) in [5.41, 5.74) is 6.21. The van der Waals surface area contributed by atoms with E-state index in [4.69, 9.17) is 0 Å². The zero-order valence-electron chi connectivity index (χ0n) is 20.1. The molecule has 1 saturated heterocycles. The number of hydrogen-bond donors (Lipinski definition) is 2. The quantitative estimate of drug-likeness (QED) is 0.387. The molecule has 0 spiro atoms. The Hall–Kier alpha value is -3.81. The molecule has 0 aromatic heterocycles. The monoisotopic (exact) mass is 485 g/mol. The molecule has 2 aliphatic heterocycles. The Morgan fingerprint density at radius 3 is 2.11 bits per heavy atom. The highest BCUT2D eigenvalue weighted by Gasteiger charge is 2.54. The summed E-state index contributed by atoms with van der Waals surface area (Å²) in [6.45, 7) is 4.22. The molecular formula is C29H28FN3O3. The van der Waals surface area contributed by atoms with Crippen molar-refractivity contribution >= 4 is 23.2 Å². The van der Waals surface area contributed by atoms with Gasteiger partial charge < -0.3 is 10.5 Å². The highest BCUT2D eigenvalue weighted by Crippen LogP contribution is 2.38. The van der Waals surface area contributed by atoms with Gasteiger partial charge in [0.2, 0.25) is 5.91 Å². The Balaban J connectivity index is 1.53. The molecule has 2 heterocycles. The third-order valence-electron chi connectivity index (χ3n) is 6.84. The topological polar surface area (TPSA) is 72.9 Å². The summed E-state index contributed by atoms with van der Waals surface area (Å²) < 4.78 is 13.5. The van der Waals surface area contributed by atoms with Crippen molar-refractivity contribution in [2.24, 2.45) is 5.92 Å². The van der Waals surface area contributed by atoms with Crippen LogP contribution in [-0.2, 0) is 9.59 Å². The van der Waals surface area contributed by atoms with Crippen LogP contribution in [-0.4, -0.2) is 34.0 Å². The van der Waals surface area contributed by atoms with Crippen molar-refractivity contribution in [1.29, 1.82) is 0 Å². The molecule has 2 aliphatic rings. The van der Waals surface area contributed by atoms with Gasteiger partial charge in [0, 0.05) is 5.69 Å². The Morgan fingerprint density at radius 1 is 0.833 bits per heavy atom. The van der Waals surface area contributed by atoms with Crippen molar-refractivity contribution in [1.82, 2.24) is 5.01 Å². The molecule has 4 unspecified atom stereocenters. The largest absolute Gasteiger partial charge is 0.386 e. The van der Waals surface area contributed by atoms with Gasteiger partial charge in [0.1, 0.15) is 11.9 Å². The number of para-hydroxylation sites is 1. The van der Waals surface area contributed by atoms with Crippen LogP contribution in [0.25, 0.3) is 0 Å². The molecule has 0 radical (unpaired) electrons. The number of anilines is 2. The van der Waals surface area contributed by atoms with Gasteiger partial charge in [-0.25, -0.2) is 14.3 Å². The average molecular weight is 486 g/mol. The predicted molar refractivity (Wildman–Crippen MR) is 136 cm³/mol. The minimum Gasteiger partial charge on any atom is -0.386 e. The van der Waals surface area contributed by atoms with E-state index in [0.717, 1.165) is 5.69 Å². The SMILES string of the molecule is CC(C)c1ccc(NN2C(C(O)c3ccc(F)cc3)C=CC3C(=O)N(c4ccccc4)C(=O)C32)cc1. The molecule has 5 rings (SSSR count). The minimum atomic E-state index is -1.07. The summed E-state index contributed by atoms with van der Waals surface area (Å²) in [6, 6.07) is 20.8. The number of rotatable bonds is 6. The van der Waals surface area contributed by atoms with E-state index >= 15 is 0 Å². The van der Waals surface area contributed by atoms with Crippen molar-refractivity contribution in [3.8, 4) is 0 Å². The first-order valence-electron chi connectivity index (χ1n) is 12.0. The number of carbonyl (C=O) groups is 2. The second kappa shape index (κ2) is 9.68. The molecule has 3 aromatic rings. The number of benzene rings is 3. The number of nitrogens with one attached hydrogen (secondary N) is 1. The van der Waals surface area contributed by atoms with Crippen molar-refractivity contribution in [3.05, 3.63) is 108 Å². The lowest BCUT2D eigenvalue weighted by Crippen LogP contribution is -2.55. The van der Waals surface area contributed by atoms with Crippen LogP contribution in [0, 0.1) is 11.7 Å². The van der Waals surface area contributed by atoms with E-state index in [2.05, 4.69) is 19.3 Å². The Bertz CT molecular complexity index is 1280. The van der Waals surface area contributed by atoms with Crippen LogP contribution in [0.3, 0.4) is 0 Å². The van der Waals surface area contributed by atoms with Crippen molar-refractivity contribution in [3.63, 3.8) is 0 Å². The minimum absolute atomic E-state index is 0.316. The van der Waals surface area contributed by atoms with Crippen LogP contribution in [0.4, 0.5) is 15.8 Å². The number of hydrogen-bond acceptors (Lipinski definition) is 5. The zero-order chi connectivity index (χ0) is 25.4. The summed E-state index contributed by atoms with van der Waals surface area (Å²) in [7, 11) is 0. The van der Waals surface area contributed by atoms with Gasteiger partial charge in [-0.05, 0) is 53.4 Å². The van der Waals surface area contributed by atoms with E-state index in [9.17, 15) is 19.1 Å². The van der Waals surface area contributed by atoms with Crippen molar-refractivity contribution in [2.75, 3.05) is 10.3 Å². The molecule has 0 bridgehead atoms. The van der Waals surface area contributed by atoms with Crippen LogP contribution in [0.15, 0.2) is 91.0 Å². The number of carbonyl (C=O) groups excluding carboxylic acids is 2. The van der Waals surface area contributed by atoms with Gasteiger partial charge in [-0.15, -0.1) is 0 Å². The smallest absolute Gasteiger partial charge is 0.254 e. The highest BCUT2D eigenvalue weighted by molar-refractivity contribution is 6.24. The molecule has 2 amide bonds. The molecule has 184 valence electrons. The molecule has 3 aromatic carbocycles. The lowest BCUT2D eigenvalue weighted by molar-refractivity contribution is -0.123. The maximum atomic E-state index is 13.7. The van der Waals surface area contributed by atoms with Gasteiger partial charge in [-0.3, -0.25) is 9.59 Å². The third-order valence-corrected chi connectivity index (χ3v) is 6.84. The molecule has 2 N–H and O–H groups in total. The fraction of sp³-hybridized carbons (Fsp3) is 0.241. The van der Waals surface area contributed by atoms with Gasteiger partial charge in [0.15, 0.2) is 0 Å². The predicted octanol–water partition coefficient (Wildman–Crippen LogP) is 4.81. The number of hydrazine groups is 1. The van der Waals surface area contributed by atoms with Gasteiger partial charge >= 0.3 is 0 Å². The first-order chi connectivity index (χ1) is 17.3. The van der Waals surface area contributed by atoms with Gasteiger partial charge in [-0.2, -0.15) is 0 Å². The lowest BCUT2D eigenvalue weighted by atomic mass is 9.90. The summed E-state index contributed by atoms with van der Waals surface area (Å²) in [6.07, 6.45) is 2.37. The van der Waals surface area contributed by atoms with E-state index in [1.165, 1.54) is 34.7 Å². The van der Waals surface area contributed by atoms with E-state index in [0.29, 0.717) is 17.2 Å². The molecule has 0 saturated carbocycles. The molecule has 0 aliphatic carbocycles. The summed E-state index contributed by atoms with van der Waals surface area (Å²) in [5.74, 6) is -1.44. The summed E-state index contributed by atoms with van der Waals surface area (Å²) in [5, 5.41) is 13.0. The third kappa shape index (κ3) is 4.32. The number of imide groups is 1. The fourth-order valence-corrected chi connectivity index (χ4v) is 4.85. The molecular weight excluding hydrogens is 457 g/mol. The van der Waals surface area contributed by atoms with Crippen LogP contribution >= 0.6 is 0 Å². The second-order valence-electron chi connectivity index (χ2n) is 9.49. The maximum absolute atomic E-state index is 13.7. The molecule has 1 fully saturated rings. The number of fused-ring (bicyclic) bond motifs is 1. The molecule has 4 atom stereocenters. The van der Waals surface area contributed by atoms with E-state index in [-0.39, 0.29) is 11.8 Å². The number of aliphatic hydroxyl groups is 1. The number of halogens is 1. The van der Waals surface area contributed by atoms with Crippen molar-refractivity contribution in [2.45, 2.75) is 38.0 Å². The van der Waals surface area contributed by atoms with E-state index in [1.54, 1.807) is 41.4 Å². The standard InChI is InChI=1S/C29H28FN3O3/c1-18(2)19-10-14-22(15-11-19)31-33-25(27(34)20-8-12-21(30)13-9-20)17-16-24-26(33)29(36)32(28(24)35)23-6-4-3-5-7-23/h3-18,24-27,31,34H,1-2H3. The van der Waals surface area contributed by atoms with Crippen LogP contribution in [0.5, 0.6) is 0 Å². The highest BCUT2D eigenvalue weighted by atomic mass is 19.1. The number of nitrogens with zero attached hydrogens (tertiary/aromatic N) is 2. The summed E-state index contributed by atoms with van der Waals surface area (Å²) >= 11 is 0. The lowest BCUT2D eigenvalue weighted by Gasteiger charge is -2.40. The first-order valence-corrected chi connectivity index (χ1v) is 12.0. The van der Waals surface area contributed by atoms with E-state index < -0.39 is 29.9 Å². The normalized spacial score (nSPS) is 22.7. The Labute approximate surface area is 209 Å². The Kier molecular flexibility index (Phi) is 6.43. The molecule has 6 nitrogen and oxygen atoms in total. The van der Waals surface area contributed by atoms with Gasteiger partial charge in [0.25, 0.3) is 5.91 Å². The summed E-state index contributed by atoms with van der Waals surface area (Å²) in [4.78, 5) is 28.3. The zero-order valence-corrected chi connectivity index (χ0v) is 20.1. The van der Waals surface area contributed by atoms with Gasteiger partial charge in [-0.1, -0.05) is 68.5 Å².